The highest BCUT2D eigenvalue weighted by atomic mass is 35.5. The van der Waals surface area contributed by atoms with Crippen molar-refractivity contribution in [2.45, 2.75) is 46.3 Å². The summed E-state index contributed by atoms with van der Waals surface area (Å²) in [5, 5.41) is 4.17. The predicted molar refractivity (Wildman–Crippen MR) is 115 cm³/mol. The first-order chi connectivity index (χ1) is 13.7. The summed E-state index contributed by atoms with van der Waals surface area (Å²) < 4.78 is 17.3. The Hall–Kier alpha value is -1.75. The summed E-state index contributed by atoms with van der Waals surface area (Å²) in [7, 11) is 0. The number of nitrogens with one attached hydrogen (secondary N) is 1. The molecular formula is C23H32ClNO3. The van der Waals surface area contributed by atoms with E-state index in [0.717, 1.165) is 56.2 Å². The molecule has 0 amide bonds. The van der Waals surface area contributed by atoms with E-state index in [4.69, 9.17) is 25.8 Å². The molecule has 0 aliphatic carbocycles. The van der Waals surface area contributed by atoms with E-state index in [2.05, 4.69) is 18.3 Å². The van der Waals surface area contributed by atoms with Crippen LogP contribution in [0.4, 0.5) is 0 Å². The molecule has 2 aromatic rings. The second-order valence-corrected chi connectivity index (χ2v) is 7.07. The van der Waals surface area contributed by atoms with Gasteiger partial charge in [-0.1, -0.05) is 43.1 Å². The summed E-state index contributed by atoms with van der Waals surface area (Å²) in [5.74, 6) is 1.52. The maximum absolute atomic E-state index is 6.04. The second kappa shape index (κ2) is 13.4. The molecule has 0 saturated heterocycles. The van der Waals surface area contributed by atoms with Crippen LogP contribution >= 0.6 is 11.6 Å². The summed E-state index contributed by atoms with van der Waals surface area (Å²) in [5.41, 5.74) is 2.20. The molecule has 0 saturated carbocycles. The van der Waals surface area contributed by atoms with Crippen LogP contribution < -0.4 is 14.8 Å². The summed E-state index contributed by atoms with van der Waals surface area (Å²) in [6.07, 6.45) is 3.33. The molecule has 1 N–H and O–H groups in total. The molecule has 2 rings (SSSR count). The number of unbranched alkanes of at least 4 members (excludes halogenated alkanes) is 1. The maximum atomic E-state index is 6.04. The predicted octanol–water partition coefficient (Wildman–Crippen LogP) is 5.61. The van der Waals surface area contributed by atoms with Crippen molar-refractivity contribution in [3.05, 3.63) is 58.6 Å². The number of rotatable bonds is 14. The van der Waals surface area contributed by atoms with E-state index >= 15 is 0 Å². The Balaban J connectivity index is 1.80. The SMILES string of the molecule is CCCCOCCCNCc1ccc(OCc2cccc(Cl)c2)c(OCC)c1. The van der Waals surface area contributed by atoms with Gasteiger partial charge < -0.3 is 19.5 Å². The van der Waals surface area contributed by atoms with Crippen LogP contribution in [0.5, 0.6) is 11.5 Å². The van der Waals surface area contributed by atoms with Gasteiger partial charge in [-0.25, -0.2) is 0 Å². The normalized spacial score (nSPS) is 10.8. The quantitative estimate of drug-likeness (QED) is 0.414. The highest BCUT2D eigenvalue weighted by Crippen LogP contribution is 2.29. The molecule has 5 heteroatoms. The number of benzene rings is 2. The molecule has 0 radical (unpaired) electrons. The number of hydrogen-bond acceptors (Lipinski definition) is 4. The molecule has 0 heterocycles. The fraction of sp³-hybridized carbons (Fsp3) is 0.478. The fourth-order valence-corrected chi connectivity index (χ4v) is 2.93. The summed E-state index contributed by atoms with van der Waals surface area (Å²) in [6.45, 7) is 8.61. The standard InChI is InChI=1S/C23H32ClNO3/c1-3-5-13-26-14-7-12-25-17-19-10-11-22(23(16-19)27-4-2)28-18-20-8-6-9-21(24)15-20/h6,8-11,15-16,25H,3-5,7,12-14,17-18H2,1-2H3. The van der Waals surface area contributed by atoms with Crippen molar-refractivity contribution in [3.63, 3.8) is 0 Å². The van der Waals surface area contributed by atoms with Gasteiger partial charge in [-0.05, 0) is 61.7 Å². The minimum atomic E-state index is 0.455. The van der Waals surface area contributed by atoms with Crippen molar-refractivity contribution in [1.82, 2.24) is 5.32 Å². The zero-order chi connectivity index (χ0) is 20.0. The van der Waals surface area contributed by atoms with Crippen molar-refractivity contribution >= 4 is 11.6 Å². The number of ether oxygens (including phenoxy) is 3. The molecule has 0 unspecified atom stereocenters. The van der Waals surface area contributed by atoms with Crippen LogP contribution in [0.3, 0.4) is 0 Å². The van der Waals surface area contributed by atoms with Crippen LogP contribution in [-0.4, -0.2) is 26.4 Å². The van der Waals surface area contributed by atoms with E-state index in [0.29, 0.717) is 18.2 Å². The van der Waals surface area contributed by atoms with Gasteiger partial charge in [0.1, 0.15) is 6.61 Å². The van der Waals surface area contributed by atoms with Crippen molar-refractivity contribution in [1.29, 1.82) is 0 Å². The van der Waals surface area contributed by atoms with Crippen LogP contribution in [0.1, 0.15) is 44.2 Å². The third kappa shape index (κ3) is 8.51. The summed E-state index contributed by atoms with van der Waals surface area (Å²) in [4.78, 5) is 0. The van der Waals surface area contributed by atoms with Gasteiger partial charge in [0.25, 0.3) is 0 Å². The maximum Gasteiger partial charge on any atom is 0.161 e. The van der Waals surface area contributed by atoms with Gasteiger partial charge in [-0.2, -0.15) is 0 Å². The van der Waals surface area contributed by atoms with E-state index < -0.39 is 0 Å². The topological polar surface area (TPSA) is 39.7 Å². The molecule has 4 nitrogen and oxygen atoms in total. The van der Waals surface area contributed by atoms with Crippen LogP contribution in [0.25, 0.3) is 0 Å². The third-order valence-corrected chi connectivity index (χ3v) is 4.44. The Morgan fingerprint density at radius 1 is 0.893 bits per heavy atom. The van der Waals surface area contributed by atoms with Gasteiger partial charge in [0.05, 0.1) is 6.61 Å². The Labute approximate surface area is 174 Å². The average molecular weight is 406 g/mol. The molecule has 0 aromatic heterocycles. The lowest BCUT2D eigenvalue weighted by molar-refractivity contribution is 0.129. The van der Waals surface area contributed by atoms with Crippen molar-refractivity contribution in [2.24, 2.45) is 0 Å². The fourth-order valence-electron chi connectivity index (χ4n) is 2.72. The molecule has 0 atom stereocenters. The molecule has 28 heavy (non-hydrogen) atoms. The summed E-state index contributed by atoms with van der Waals surface area (Å²) in [6, 6.07) is 13.8. The largest absolute Gasteiger partial charge is 0.490 e. The zero-order valence-electron chi connectivity index (χ0n) is 17.0. The molecule has 0 fully saturated rings. The van der Waals surface area contributed by atoms with Crippen molar-refractivity contribution < 1.29 is 14.2 Å². The third-order valence-electron chi connectivity index (χ3n) is 4.20. The van der Waals surface area contributed by atoms with Crippen LogP contribution in [-0.2, 0) is 17.9 Å². The Kier molecular flexibility index (Phi) is 10.8. The van der Waals surface area contributed by atoms with Gasteiger partial charge in [0.2, 0.25) is 0 Å². The summed E-state index contributed by atoms with van der Waals surface area (Å²) >= 11 is 6.04. The van der Waals surface area contributed by atoms with Crippen LogP contribution in [0, 0.1) is 0 Å². The average Bonchev–Trinajstić information content (AvgIpc) is 2.70. The minimum Gasteiger partial charge on any atom is -0.490 e. The monoisotopic (exact) mass is 405 g/mol. The number of hydrogen-bond donors (Lipinski definition) is 1. The first-order valence-corrected chi connectivity index (χ1v) is 10.5. The van der Waals surface area contributed by atoms with Gasteiger partial charge in [0.15, 0.2) is 11.5 Å². The lowest BCUT2D eigenvalue weighted by atomic mass is 10.2. The van der Waals surface area contributed by atoms with Crippen LogP contribution in [0.15, 0.2) is 42.5 Å². The van der Waals surface area contributed by atoms with Gasteiger partial charge >= 0.3 is 0 Å². The van der Waals surface area contributed by atoms with Crippen LogP contribution in [0.2, 0.25) is 5.02 Å². The second-order valence-electron chi connectivity index (χ2n) is 6.63. The lowest BCUT2D eigenvalue weighted by Gasteiger charge is -2.14. The van der Waals surface area contributed by atoms with Crippen molar-refractivity contribution in [3.8, 4) is 11.5 Å². The molecule has 154 valence electrons. The first kappa shape index (κ1) is 22.5. The molecule has 0 spiro atoms. The first-order valence-electron chi connectivity index (χ1n) is 10.1. The van der Waals surface area contributed by atoms with Crippen molar-refractivity contribution in [2.75, 3.05) is 26.4 Å². The van der Waals surface area contributed by atoms with Gasteiger partial charge in [-0.15, -0.1) is 0 Å². The van der Waals surface area contributed by atoms with E-state index in [1.54, 1.807) is 0 Å². The minimum absolute atomic E-state index is 0.455. The highest BCUT2D eigenvalue weighted by Gasteiger charge is 2.07. The van der Waals surface area contributed by atoms with Gasteiger partial charge in [0, 0.05) is 24.8 Å². The smallest absolute Gasteiger partial charge is 0.161 e. The zero-order valence-corrected chi connectivity index (χ0v) is 17.8. The molecule has 0 aliphatic rings. The van der Waals surface area contributed by atoms with Gasteiger partial charge in [-0.3, -0.25) is 0 Å². The van der Waals surface area contributed by atoms with E-state index in [9.17, 15) is 0 Å². The highest BCUT2D eigenvalue weighted by molar-refractivity contribution is 6.30. The molecular weight excluding hydrogens is 374 g/mol. The Morgan fingerprint density at radius 3 is 2.54 bits per heavy atom. The molecule has 2 aromatic carbocycles. The Morgan fingerprint density at radius 2 is 1.75 bits per heavy atom. The lowest BCUT2D eigenvalue weighted by Crippen LogP contribution is -2.16. The Bertz CT molecular complexity index is 693. The molecule has 0 bridgehead atoms. The van der Waals surface area contributed by atoms with E-state index in [1.807, 2.05) is 43.3 Å². The van der Waals surface area contributed by atoms with E-state index in [-0.39, 0.29) is 0 Å². The number of halogens is 1. The van der Waals surface area contributed by atoms with E-state index in [1.165, 1.54) is 12.0 Å². The molecule has 0 aliphatic heterocycles.